The molecule has 0 bridgehead atoms. The number of carbonyl (C=O) groups excluding carboxylic acids is 1. The van der Waals surface area contributed by atoms with Gasteiger partial charge in [0.25, 0.3) is 5.92 Å². The van der Waals surface area contributed by atoms with Crippen molar-refractivity contribution in [2.75, 3.05) is 6.61 Å². The summed E-state index contributed by atoms with van der Waals surface area (Å²) < 4.78 is 45.1. The van der Waals surface area contributed by atoms with Gasteiger partial charge in [0.15, 0.2) is 0 Å². The maximum Gasteiger partial charge on any atom is 0.255 e. The van der Waals surface area contributed by atoms with E-state index in [4.69, 9.17) is 22.2 Å². The van der Waals surface area contributed by atoms with Gasteiger partial charge in [0.2, 0.25) is 5.91 Å². The summed E-state index contributed by atoms with van der Waals surface area (Å²) >= 11 is 5.89. The van der Waals surface area contributed by atoms with Crippen molar-refractivity contribution in [3.05, 3.63) is 28.5 Å². The van der Waals surface area contributed by atoms with Crippen LogP contribution in [0.4, 0.5) is 13.2 Å². The first-order chi connectivity index (χ1) is 10.6. The fraction of sp³-hybridized carbons (Fsp3) is 0.533. The molecule has 1 fully saturated rings. The maximum atomic E-state index is 14.0. The third kappa shape index (κ3) is 4.09. The molecule has 0 aromatic heterocycles. The summed E-state index contributed by atoms with van der Waals surface area (Å²) in [6, 6.07) is 2.39. The largest absolute Gasteiger partial charge is 0.491 e. The average Bonchev–Trinajstić information content (AvgIpc) is 3.06. The third-order valence-corrected chi connectivity index (χ3v) is 4.17. The predicted molar refractivity (Wildman–Crippen MR) is 79.8 cm³/mol. The molecule has 1 atom stereocenters. The number of carbonyl (C=O) groups is 1. The Balaban J connectivity index is 2.14. The molecule has 1 aromatic rings. The van der Waals surface area contributed by atoms with Crippen molar-refractivity contribution in [1.29, 1.82) is 0 Å². The molecule has 4 nitrogen and oxygen atoms in total. The van der Waals surface area contributed by atoms with E-state index in [9.17, 15) is 18.0 Å². The minimum atomic E-state index is -2.70. The van der Waals surface area contributed by atoms with Crippen molar-refractivity contribution in [2.45, 2.75) is 32.6 Å². The van der Waals surface area contributed by atoms with Crippen LogP contribution in [0.3, 0.4) is 0 Å². The van der Waals surface area contributed by atoms with Crippen molar-refractivity contribution >= 4 is 17.5 Å². The predicted octanol–water partition coefficient (Wildman–Crippen LogP) is 3.07. The molecule has 1 aromatic carbocycles. The van der Waals surface area contributed by atoms with Crippen LogP contribution in [0.15, 0.2) is 12.1 Å². The van der Waals surface area contributed by atoms with Gasteiger partial charge in [-0.25, -0.2) is 19.0 Å². The summed E-state index contributed by atoms with van der Waals surface area (Å²) in [7, 11) is 0. The second-order valence-electron chi connectivity index (χ2n) is 6.38. The first kappa shape index (κ1) is 17.9. The Labute approximate surface area is 137 Å². The van der Waals surface area contributed by atoms with Gasteiger partial charge in [0.1, 0.15) is 11.6 Å². The van der Waals surface area contributed by atoms with Crippen molar-refractivity contribution in [1.82, 2.24) is 5.43 Å². The molecule has 128 valence electrons. The Morgan fingerprint density at radius 3 is 2.65 bits per heavy atom. The Morgan fingerprint density at radius 2 is 2.13 bits per heavy atom. The highest BCUT2D eigenvalue weighted by atomic mass is 35.5. The van der Waals surface area contributed by atoms with E-state index in [1.54, 1.807) is 13.8 Å². The Kier molecular flexibility index (Phi) is 4.82. The molecule has 1 saturated carbocycles. The van der Waals surface area contributed by atoms with Crippen LogP contribution in [0.25, 0.3) is 0 Å². The summed E-state index contributed by atoms with van der Waals surface area (Å²) in [5.41, 5.74) is 1.27. The van der Waals surface area contributed by atoms with E-state index in [0.29, 0.717) is 0 Å². The fourth-order valence-electron chi connectivity index (χ4n) is 2.21. The minimum Gasteiger partial charge on any atom is -0.491 e. The molecule has 1 unspecified atom stereocenters. The number of halogens is 4. The van der Waals surface area contributed by atoms with Crippen LogP contribution in [0.1, 0.15) is 25.8 Å². The van der Waals surface area contributed by atoms with Crippen LogP contribution in [0, 0.1) is 17.2 Å². The van der Waals surface area contributed by atoms with E-state index in [-0.39, 0.29) is 35.8 Å². The first-order valence-electron chi connectivity index (χ1n) is 7.06. The molecule has 1 aliphatic rings. The Morgan fingerprint density at radius 1 is 1.52 bits per heavy atom. The lowest BCUT2D eigenvalue weighted by atomic mass is 9.85. The highest BCUT2D eigenvalue weighted by Crippen LogP contribution is 2.48. The summed E-state index contributed by atoms with van der Waals surface area (Å²) in [4.78, 5) is 11.7. The standard InChI is InChI=1S/C15H18ClF3N2O2/c1-14(2,13(22)21-20)5-8-3-12(10(16)4-11(8)17)23-7-9-6-15(9,18)19/h3-4,9H,5-7,20H2,1-2H3,(H,21,22). The SMILES string of the molecule is CC(C)(Cc1cc(OCC2CC2(F)F)c(Cl)cc1F)C(=O)NN. The second-order valence-corrected chi connectivity index (χ2v) is 6.79. The summed E-state index contributed by atoms with van der Waals surface area (Å²) in [5, 5.41) is -0.00343. The smallest absolute Gasteiger partial charge is 0.255 e. The van der Waals surface area contributed by atoms with Crippen LogP contribution in [-0.2, 0) is 11.2 Å². The first-order valence-corrected chi connectivity index (χ1v) is 7.44. The van der Waals surface area contributed by atoms with Crippen LogP contribution in [-0.4, -0.2) is 18.4 Å². The van der Waals surface area contributed by atoms with E-state index in [0.717, 1.165) is 6.07 Å². The van der Waals surface area contributed by atoms with Crippen LogP contribution >= 0.6 is 11.6 Å². The number of benzene rings is 1. The molecule has 0 heterocycles. The number of rotatable bonds is 6. The molecule has 3 N–H and O–H groups in total. The summed E-state index contributed by atoms with van der Waals surface area (Å²) in [6.07, 6.45) is -0.169. The number of hydrazine groups is 1. The molecule has 0 saturated heterocycles. The molecule has 8 heteroatoms. The van der Waals surface area contributed by atoms with Gasteiger partial charge in [-0.05, 0) is 24.1 Å². The molecule has 0 radical (unpaired) electrons. The van der Waals surface area contributed by atoms with Gasteiger partial charge in [-0.1, -0.05) is 25.4 Å². The number of alkyl halides is 2. The zero-order valence-corrected chi connectivity index (χ0v) is 13.5. The van der Waals surface area contributed by atoms with Gasteiger partial charge in [-0.2, -0.15) is 0 Å². The molecular formula is C15H18ClF3N2O2. The lowest BCUT2D eigenvalue weighted by Crippen LogP contribution is -2.42. The molecule has 0 aliphatic heterocycles. The van der Waals surface area contributed by atoms with Gasteiger partial charge < -0.3 is 4.74 Å². The monoisotopic (exact) mass is 350 g/mol. The second kappa shape index (κ2) is 6.20. The highest BCUT2D eigenvalue weighted by Gasteiger charge is 2.57. The lowest BCUT2D eigenvalue weighted by molar-refractivity contribution is -0.129. The van der Waals surface area contributed by atoms with E-state index < -0.39 is 29.0 Å². The quantitative estimate of drug-likeness (QED) is 0.471. The lowest BCUT2D eigenvalue weighted by Gasteiger charge is -2.23. The normalized spacial score (nSPS) is 19.3. The maximum absolute atomic E-state index is 14.0. The van der Waals surface area contributed by atoms with Gasteiger partial charge in [-0.15, -0.1) is 0 Å². The zero-order valence-electron chi connectivity index (χ0n) is 12.8. The summed E-state index contributed by atoms with van der Waals surface area (Å²) in [5.74, 6) is 0.636. The number of ether oxygens (including phenoxy) is 1. The average molecular weight is 351 g/mol. The van der Waals surface area contributed by atoms with E-state index in [2.05, 4.69) is 0 Å². The van der Waals surface area contributed by atoms with Crippen molar-refractivity contribution < 1.29 is 22.7 Å². The van der Waals surface area contributed by atoms with Crippen molar-refractivity contribution in [3.63, 3.8) is 0 Å². The minimum absolute atomic E-state index is 0.00343. The van der Waals surface area contributed by atoms with Crippen LogP contribution < -0.4 is 16.0 Å². The molecule has 2 rings (SSSR count). The van der Waals surface area contributed by atoms with Crippen molar-refractivity contribution in [3.8, 4) is 5.75 Å². The summed E-state index contributed by atoms with van der Waals surface area (Å²) in [6.45, 7) is 3.02. The number of amides is 1. The molecule has 0 spiro atoms. The third-order valence-electron chi connectivity index (χ3n) is 3.87. The number of hydrogen-bond donors (Lipinski definition) is 2. The topological polar surface area (TPSA) is 64.3 Å². The van der Waals surface area contributed by atoms with Crippen molar-refractivity contribution in [2.24, 2.45) is 17.2 Å². The molecule has 1 amide bonds. The van der Waals surface area contributed by atoms with E-state index in [1.165, 1.54) is 6.07 Å². The van der Waals surface area contributed by atoms with Gasteiger partial charge in [0.05, 0.1) is 17.5 Å². The molecular weight excluding hydrogens is 333 g/mol. The van der Waals surface area contributed by atoms with E-state index in [1.807, 2.05) is 5.43 Å². The fourth-order valence-corrected chi connectivity index (χ4v) is 2.41. The van der Waals surface area contributed by atoms with Gasteiger partial charge in [-0.3, -0.25) is 10.2 Å². The molecule has 23 heavy (non-hydrogen) atoms. The number of hydrogen-bond acceptors (Lipinski definition) is 3. The van der Waals surface area contributed by atoms with E-state index >= 15 is 0 Å². The van der Waals surface area contributed by atoms with Crippen LogP contribution in [0.5, 0.6) is 5.75 Å². The van der Waals surface area contributed by atoms with Crippen LogP contribution in [0.2, 0.25) is 5.02 Å². The number of nitrogens with two attached hydrogens (primary N) is 1. The Bertz CT molecular complexity index is 623. The highest BCUT2D eigenvalue weighted by molar-refractivity contribution is 6.32. The zero-order chi connectivity index (χ0) is 17.4. The Hall–Kier alpha value is -1.47. The number of nitrogens with one attached hydrogen (secondary N) is 1. The molecule has 1 aliphatic carbocycles. The van der Waals surface area contributed by atoms with Gasteiger partial charge >= 0.3 is 0 Å². The van der Waals surface area contributed by atoms with Gasteiger partial charge in [0, 0.05) is 11.8 Å².